The van der Waals surface area contributed by atoms with E-state index in [4.69, 9.17) is 4.74 Å². The molecule has 98 valence electrons. The fourth-order valence-electron chi connectivity index (χ4n) is 1.85. The summed E-state index contributed by atoms with van der Waals surface area (Å²) in [5.74, 6) is -2.11. The van der Waals surface area contributed by atoms with E-state index in [9.17, 15) is 22.4 Å². The first kappa shape index (κ1) is 13.0. The Morgan fingerprint density at radius 3 is 2.61 bits per heavy atom. The Labute approximate surface area is 101 Å². The number of alkyl halides is 3. The summed E-state index contributed by atoms with van der Waals surface area (Å²) in [6.45, 7) is 0.505. The Hall–Kier alpha value is -1.43. The van der Waals surface area contributed by atoms with Crippen LogP contribution in [-0.4, -0.2) is 19.0 Å². The molecule has 1 aliphatic heterocycles. The van der Waals surface area contributed by atoms with E-state index in [1.807, 2.05) is 0 Å². The van der Waals surface area contributed by atoms with E-state index in [0.717, 1.165) is 0 Å². The molecule has 2 rings (SSSR count). The third kappa shape index (κ3) is 2.53. The molecule has 0 aromatic heterocycles. The lowest BCUT2D eigenvalue weighted by atomic mass is 9.95. The van der Waals surface area contributed by atoms with Crippen LogP contribution in [0.1, 0.15) is 22.3 Å². The monoisotopic (exact) mass is 262 g/mol. The lowest BCUT2D eigenvalue weighted by molar-refractivity contribution is -0.137. The first-order valence-corrected chi connectivity index (χ1v) is 5.38. The van der Waals surface area contributed by atoms with Crippen molar-refractivity contribution in [2.24, 2.45) is 5.92 Å². The van der Waals surface area contributed by atoms with Crippen molar-refractivity contribution in [1.82, 2.24) is 0 Å². The average Bonchev–Trinajstić information content (AvgIpc) is 2.80. The van der Waals surface area contributed by atoms with Gasteiger partial charge in [-0.15, -0.1) is 0 Å². The van der Waals surface area contributed by atoms with Crippen LogP contribution in [0.25, 0.3) is 0 Å². The Balaban J connectivity index is 2.34. The van der Waals surface area contributed by atoms with Crippen molar-refractivity contribution in [3.8, 4) is 0 Å². The van der Waals surface area contributed by atoms with E-state index in [-0.39, 0.29) is 6.61 Å². The highest BCUT2D eigenvalue weighted by atomic mass is 19.4. The number of ketones is 1. The number of hydrogen-bond acceptors (Lipinski definition) is 2. The molecule has 0 bridgehead atoms. The summed E-state index contributed by atoms with van der Waals surface area (Å²) in [4.78, 5) is 11.9. The zero-order valence-electron chi connectivity index (χ0n) is 9.26. The van der Waals surface area contributed by atoms with Gasteiger partial charge in [-0.3, -0.25) is 4.79 Å². The van der Waals surface area contributed by atoms with Crippen molar-refractivity contribution >= 4 is 5.78 Å². The predicted octanol–water partition coefficient (Wildman–Crippen LogP) is 3.06. The zero-order chi connectivity index (χ0) is 13.3. The molecule has 1 fully saturated rings. The lowest BCUT2D eigenvalue weighted by Gasteiger charge is -2.11. The topological polar surface area (TPSA) is 26.3 Å². The molecule has 0 spiro atoms. The molecule has 0 saturated carbocycles. The van der Waals surface area contributed by atoms with Crippen LogP contribution in [0.3, 0.4) is 0 Å². The van der Waals surface area contributed by atoms with E-state index in [1.165, 1.54) is 0 Å². The molecular weight excluding hydrogens is 252 g/mol. The van der Waals surface area contributed by atoms with E-state index in [1.54, 1.807) is 0 Å². The quantitative estimate of drug-likeness (QED) is 0.604. The maximum atomic E-state index is 13.4. The van der Waals surface area contributed by atoms with Gasteiger partial charge >= 0.3 is 6.18 Å². The number of carbonyl (C=O) groups excluding carboxylic acids is 1. The van der Waals surface area contributed by atoms with Gasteiger partial charge < -0.3 is 4.74 Å². The largest absolute Gasteiger partial charge is 0.416 e. The number of ether oxygens (including phenoxy) is 1. The molecule has 1 saturated heterocycles. The van der Waals surface area contributed by atoms with Crippen molar-refractivity contribution < 1.29 is 27.1 Å². The minimum Gasteiger partial charge on any atom is -0.381 e. The Morgan fingerprint density at radius 2 is 2.06 bits per heavy atom. The highest BCUT2D eigenvalue weighted by Crippen LogP contribution is 2.31. The molecule has 0 amide bonds. The molecule has 0 N–H and O–H groups in total. The second-order valence-electron chi connectivity index (χ2n) is 4.12. The zero-order valence-corrected chi connectivity index (χ0v) is 9.26. The smallest absolute Gasteiger partial charge is 0.381 e. The predicted molar refractivity (Wildman–Crippen MR) is 54.7 cm³/mol. The SMILES string of the molecule is O=C(c1cc(C(F)(F)F)ccc1F)C1CCOC1. The molecule has 1 heterocycles. The van der Waals surface area contributed by atoms with E-state index in [2.05, 4.69) is 0 Å². The van der Waals surface area contributed by atoms with Gasteiger partial charge in [0.2, 0.25) is 0 Å². The molecule has 1 aliphatic rings. The Kier molecular flexibility index (Phi) is 3.38. The van der Waals surface area contributed by atoms with Crippen molar-refractivity contribution in [1.29, 1.82) is 0 Å². The molecule has 1 aromatic carbocycles. The van der Waals surface area contributed by atoms with Gasteiger partial charge in [-0.05, 0) is 24.6 Å². The summed E-state index contributed by atoms with van der Waals surface area (Å²) in [5.41, 5.74) is -1.54. The molecule has 0 radical (unpaired) electrons. The van der Waals surface area contributed by atoms with Gasteiger partial charge in [0.1, 0.15) is 5.82 Å². The fourth-order valence-corrected chi connectivity index (χ4v) is 1.85. The highest BCUT2D eigenvalue weighted by Gasteiger charge is 2.33. The summed E-state index contributed by atoms with van der Waals surface area (Å²) >= 11 is 0. The maximum Gasteiger partial charge on any atom is 0.416 e. The van der Waals surface area contributed by atoms with E-state index in [0.29, 0.717) is 31.2 Å². The minimum absolute atomic E-state index is 0.133. The standard InChI is InChI=1S/C12H10F4O2/c13-10-2-1-8(12(14,15)16)5-9(10)11(17)7-3-4-18-6-7/h1-2,5,7H,3-4,6H2. The highest BCUT2D eigenvalue weighted by molar-refractivity contribution is 5.98. The van der Waals surface area contributed by atoms with Crippen molar-refractivity contribution in [3.05, 3.63) is 35.1 Å². The molecular formula is C12H10F4O2. The Bertz CT molecular complexity index is 462. The molecule has 1 unspecified atom stereocenters. The number of halogens is 4. The molecule has 1 atom stereocenters. The van der Waals surface area contributed by atoms with Crippen molar-refractivity contribution in [2.75, 3.05) is 13.2 Å². The van der Waals surface area contributed by atoms with E-state index >= 15 is 0 Å². The third-order valence-corrected chi connectivity index (χ3v) is 2.86. The van der Waals surface area contributed by atoms with Crippen LogP contribution in [0, 0.1) is 11.7 Å². The lowest BCUT2D eigenvalue weighted by Crippen LogP contribution is -2.17. The van der Waals surface area contributed by atoms with Crippen molar-refractivity contribution in [2.45, 2.75) is 12.6 Å². The average molecular weight is 262 g/mol. The van der Waals surface area contributed by atoms with Gasteiger partial charge in [-0.1, -0.05) is 0 Å². The third-order valence-electron chi connectivity index (χ3n) is 2.86. The number of Topliss-reactive ketones (excluding diaryl/α,β-unsaturated/α-hetero) is 1. The van der Waals surface area contributed by atoms with Crippen LogP contribution in [0.2, 0.25) is 0 Å². The number of carbonyl (C=O) groups is 1. The second kappa shape index (κ2) is 4.68. The van der Waals surface area contributed by atoms with E-state index < -0.39 is 34.8 Å². The molecule has 1 aromatic rings. The van der Waals surface area contributed by atoms with Gasteiger partial charge in [-0.2, -0.15) is 13.2 Å². The van der Waals surface area contributed by atoms with Crippen LogP contribution < -0.4 is 0 Å². The van der Waals surface area contributed by atoms with Gasteiger partial charge in [0.25, 0.3) is 0 Å². The summed E-state index contributed by atoms with van der Waals surface area (Å²) < 4.78 is 55.8. The summed E-state index contributed by atoms with van der Waals surface area (Å²) in [6.07, 6.45) is -4.18. The summed E-state index contributed by atoms with van der Waals surface area (Å²) in [5, 5.41) is 0. The number of hydrogen-bond donors (Lipinski definition) is 0. The molecule has 0 aliphatic carbocycles. The number of benzene rings is 1. The van der Waals surface area contributed by atoms with Crippen LogP contribution in [0.15, 0.2) is 18.2 Å². The number of rotatable bonds is 2. The molecule has 2 nitrogen and oxygen atoms in total. The first-order valence-electron chi connectivity index (χ1n) is 5.38. The van der Waals surface area contributed by atoms with Gasteiger partial charge in [-0.25, -0.2) is 4.39 Å². The maximum absolute atomic E-state index is 13.4. The van der Waals surface area contributed by atoms with Crippen LogP contribution >= 0.6 is 0 Å². The summed E-state index contributed by atoms with van der Waals surface area (Å²) in [6, 6.07) is 1.86. The summed E-state index contributed by atoms with van der Waals surface area (Å²) in [7, 11) is 0. The van der Waals surface area contributed by atoms with Crippen LogP contribution in [-0.2, 0) is 10.9 Å². The Morgan fingerprint density at radius 1 is 1.33 bits per heavy atom. The van der Waals surface area contributed by atoms with Crippen LogP contribution in [0.4, 0.5) is 17.6 Å². The minimum atomic E-state index is -4.59. The van der Waals surface area contributed by atoms with Gasteiger partial charge in [0.05, 0.1) is 17.7 Å². The molecule has 6 heteroatoms. The van der Waals surface area contributed by atoms with Gasteiger partial charge in [0.15, 0.2) is 5.78 Å². The van der Waals surface area contributed by atoms with Gasteiger partial charge in [0, 0.05) is 12.5 Å². The van der Waals surface area contributed by atoms with Crippen LogP contribution in [0.5, 0.6) is 0 Å². The van der Waals surface area contributed by atoms with Crippen molar-refractivity contribution in [3.63, 3.8) is 0 Å². The normalized spacial score (nSPS) is 20.1. The second-order valence-corrected chi connectivity index (χ2v) is 4.12. The molecule has 18 heavy (non-hydrogen) atoms. The fraction of sp³-hybridized carbons (Fsp3) is 0.417. The first-order chi connectivity index (χ1) is 8.39.